The second-order valence-corrected chi connectivity index (χ2v) is 11.0. The molecule has 3 amide bonds. The lowest BCUT2D eigenvalue weighted by Crippen LogP contribution is -2.57. The average molecular weight is 577 g/mol. The van der Waals surface area contributed by atoms with Crippen molar-refractivity contribution in [2.45, 2.75) is 58.7 Å². The molecule has 0 aliphatic carbocycles. The van der Waals surface area contributed by atoms with E-state index in [2.05, 4.69) is 20.4 Å². The number of ether oxygens (including phenoxy) is 1. The van der Waals surface area contributed by atoms with E-state index in [0.29, 0.717) is 36.0 Å². The Morgan fingerprint density at radius 3 is 2.17 bits per heavy atom. The normalized spacial score (nSPS) is 16.4. The highest BCUT2D eigenvalue weighted by atomic mass is 16.5. The summed E-state index contributed by atoms with van der Waals surface area (Å²) in [4.78, 5) is 71.0. The molecule has 0 saturated carbocycles. The number of aromatic nitrogens is 1. The van der Waals surface area contributed by atoms with Crippen molar-refractivity contribution in [3.05, 3.63) is 65.5 Å². The van der Waals surface area contributed by atoms with Crippen LogP contribution in [0.5, 0.6) is 0 Å². The van der Waals surface area contributed by atoms with Crippen molar-refractivity contribution >= 4 is 40.6 Å². The molecule has 11 heteroatoms. The van der Waals surface area contributed by atoms with Gasteiger partial charge in [0.25, 0.3) is 11.8 Å². The molecule has 2 aromatic carbocycles. The van der Waals surface area contributed by atoms with Gasteiger partial charge in [-0.1, -0.05) is 39.8 Å². The SMILES string of the molecule is COC(=O)c1ccc(C(=O)NC(C(=O)N2CCCC2C(=O)NC(C(=O)c2nc3ccccc3o2)C(C)C)C(C)C)cc1. The molecule has 1 fully saturated rings. The number of amides is 3. The van der Waals surface area contributed by atoms with Crippen molar-refractivity contribution in [2.75, 3.05) is 13.7 Å². The summed E-state index contributed by atoms with van der Waals surface area (Å²) in [5.41, 5.74) is 1.59. The van der Waals surface area contributed by atoms with Gasteiger partial charge in [0.05, 0.1) is 18.7 Å². The summed E-state index contributed by atoms with van der Waals surface area (Å²) < 4.78 is 10.3. The standard InChI is InChI=1S/C31H36N4O7/c1-17(2)24(26(36)29-32-21-9-6-7-11-23(21)42-29)33-28(38)22-10-8-16-35(22)30(39)25(18(3)4)34-27(37)19-12-14-20(15-13-19)31(40)41-5/h6-7,9,11-15,17-18,22,24-25H,8,10,16H2,1-5H3,(H,33,38)(H,34,37). The van der Waals surface area contributed by atoms with E-state index in [1.165, 1.54) is 36.3 Å². The average Bonchev–Trinajstić information content (AvgIpc) is 3.65. The predicted octanol–water partition coefficient (Wildman–Crippen LogP) is 3.38. The van der Waals surface area contributed by atoms with Crippen LogP contribution < -0.4 is 10.6 Å². The van der Waals surface area contributed by atoms with Crippen LogP contribution in [0.4, 0.5) is 0 Å². The van der Waals surface area contributed by atoms with Crippen LogP contribution in [0.1, 0.15) is 71.9 Å². The Hall–Kier alpha value is -4.54. The number of ketones is 1. The van der Waals surface area contributed by atoms with Crippen LogP contribution in [0.25, 0.3) is 11.1 Å². The second kappa shape index (κ2) is 13.0. The van der Waals surface area contributed by atoms with E-state index in [9.17, 15) is 24.0 Å². The van der Waals surface area contributed by atoms with Crippen LogP contribution in [0, 0.1) is 11.8 Å². The summed E-state index contributed by atoms with van der Waals surface area (Å²) >= 11 is 0. The van der Waals surface area contributed by atoms with Crippen molar-refractivity contribution in [1.29, 1.82) is 0 Å². The van der Waals surface area contributed by atoms with Crippen molar-refractivity contribution in [1.82, 2.24) is 20.5 Å². The van der Waals surface area contributed by atoms with Crippen LogP contribution >= 0.6 is 0 Å². The first-order chi connectivity index (χ1) is 20.0. The molecule has 0 bridgehead atoms. The first-order valence-corrected chi connectivity index (χ1v) is 14.0. The number of benzene rings is 2. The first-order valence-electron chi connectivity index (χ1n) is 14.0. The maximum Gasteiger partial charge on any atom is 0.337 e. The molecule has 2 heterocycles. The molecular formula is C31H36N4O7. The van der Waals surface area contributed by atoms with Gasteiger partial charge in [-0.2, -0.15) is 0 Å². The zero-order valence-electron chi connectivity index (χ0n) is 24.4. The van der Waals surface area contributed by atoms with Crippen LogP contribution in [0.15, 0.2) is 52.9 Å². The first kappa shape index (κ1) is 30.4. The minimum absolute atomic E-state index is 0.0863. The number of esters is 1. The summed E-state index contributed by atoms with van der Waals surface area (Å²) in [6.07, 6.45) is 1.02. The van der Waals surface area contributed by atoms with E-state index in [4.69, 9.17) is 4.42 Å². The minimum Gasteiger partial charge on any atom is -0.465 e. The number of nitrogens with one attached hydrogen (secondary N) is 2. The number of nitrogens with zero attached hydrogens (tertiary/aromatic N) is 2. The Morgan fingerprint density at radius 1 is 0.905 bits per heavy atom. The second-order valence-electron chi connectivity index (χ2n) is 11.0. The molecule has 1 aromatic heterocycles. The number of Topliss-reactive ketones (excluding diaryl/α,β-unsaturated/α-hetero) is 1. The van der Waals surface area contributed by atoms with Crippen molar-refractivity contribution in [3.8, 4) is 0 Å². The number of carbonyl (C=O) groups is 5. The highest BCUT2D eigenvalue weighted by molar-refractivity contribution is 6.02. The highest BCUT2D eigenvalue weighted by Gasteiger charge is 2.40. The van der Waals surface area contributed by atoms with Gasteiger partial charge in [-0.05, 0) is 61.1 Å². The monoisotopic (exact) mass is 576 g/mol. The van der Waals surface area contributed by atoms with Gasteiger partial charge < -0.3 is 24.7 Å². The molecule has 1 saturated heterocycles. The van der Waals surface area contributed by atoms with Crippen molar-refractivity contribution in [2.24, 2.45) is 11.8 Å². The number of para-hydroxylation sites is 2. The lowest BCUT2D eigenvalue weighted by Gasteiger charge is -2.31. The summed E-state index contributed by atoms with van der Waals surface area (Å²) in [5, 5.41) is 5.62. The molecule has 3 unspecified atom stereocenters. The Labute approximate surface area is 244 Å². The van der Waals surface area contributed by atoms with Gasteiger partial charge in [-0.15, -0.1) is 0 Å². The number of carbonyl (C=O) groups excluding carboxylic acids is 5. The van der Waals surface area contributed by atoms with E-state index in [1.54, 1.807) is 24.3 Å². The van der Waals surface area contributed by atoms with E-state index in [-0.39, 0.29) is 29.2 Å². The van der Waals surface area contributed by atoms with Crippen molar-refractivity contribution < 1.29 is 33.1 Å². The van der Waals surface area contributed by atoms with Gasteiger partial charge >= 0.3 is 5.97 Å². The topological polar surface area (TPSA) is 148 Å². The molecule has 222 valence electrons. The quantitative estimate of drug-likeness (QED) is 0.276. The zero-order valence-corrected chi connectivity index (χ0v) is 24.4. The van der Waals surface area contributed by atoms with E-state index in [0.717, 1.165) is 0 Å². The molecule has 1 aliphatic rings. The third kappa shape index (κ3) is 6.50. The van der Waals surface area contributed by atoms with Gasteiger partial charge in [0.2, 0.25) is 17.6 Å². The molecule has 0 spiro atoms. The lowest BCUT2D eigenvalue weighted by molar-refractivity contribution is -0.140. The van der Waals surface area contributed by atoms with E-state index >= 15 is 0 Å². The Bertz CT molecular complexity index is 1440. The molecule has 1 aliphatic heterocycles. The molecule has 0 radical (unpaired) electrons. The third-order valence-corrected chi connectivity index (χ3v) is 7.38. The minimum atomic E-state index is -0.906. The fourth-order valence-electron chi connectivity index (χ4n) is 4.99. The maximum absolute atomic E-state index is 13.7. The molecule has 3 aromatic rings. The van der Waals surface area contributed by atoms with E-state index in [1.807, 2.05) is 27.7 Å². The Kier molecular flexibility index (Phi) is 9.39. The van der Waals surface area contributed by atoms with Crippen LogP contribution in [-0.2, 0) is 14.3 Å². The van der Waals surface area contributed by atoms with Gasteiger partial charge in [-0.25, -0.2) is 9.78 Å². The number of likely N-dealkylation sites (tertiary alicyclic amines) is 1. The van der Waals surface area contributed by atoms with Crippen LogP contribution in [0.3, 0.4) is 0 Å². The lowest BCUT2D eigenvalue weighted by atomic mass is 9.98. The molecule has 42 heavy (non-hydrogen) atoms. The summed E-state index contributed by atoms with van der Waals surface area (Å²) in [6.45, 7) is 7.58. The number of fused-ring (bicyclic) bond motifs is 1. The number of rotatable bonds is 10. The smallest absolute Gasteiger partial charge is 0.337 e. The number of methoxy groups -OCH3 is 1. The fourth-order valence-corrected chi connectivity index (χ4v) is 4.99. The van der Waals surface area contributed by atoms with Gasteiger partial charge in [0.15, 0.2) is 5.58 Å². The van der Waals surface area contributed by atoms with Gasteiger partial charge in [0.1, 0.15) is 17.6 Å². The summed E-state index contributed by atoms with van der Waals surface area (Å²) in [6, 6.07) is 10.3. The summed E-state index contributed by atoms with van der Waals surface area (Å²) in [5.74, 6) is -2.91. The maximum atomic E-state index is 13.7. The fraction of sp³-hybridized carbons (Fsp3) is 0.419. The van der Waals surface area contributed by atoms with Crippen LogP contribution in [-0.4, -0.2) is 71.1 Å². The molecular weight excluding hydrogens is 540 g/mol. The predicted molar refractivity (Wildman–Crippen MR) is 154 cm³/mol. The zero-order chi connectivity index (χ0) is 30.6. The molecule has 2 N–H and O–H groups in total. The third-order valence-electron chi connectivity index (χ3n) is 7.38. The van der Waals surface area contributed by atoms with Gasteiger partial charge in [-0.3, -0.25) is 19.2 Å². The molecule has 11 nitrogen and oxygen atoms in total. The number of hydrogen-bond donors (Lipinski definition) is 2. The van der Waals surface area contributed by atoms with Crippen molar-refractivity contribution in [3.63, 3.8) is 0 Å². The number of hydrogen-bond acceptors (Lipinski definition) is 8. The summed E-state index contributed by atoms with van der Waals surface area (Å²) in [7, 11) is 1.27. The van der Waals surface area contributed by atoms with Crippen LogP contribution in [0.2, 0.25) is 0 Å². The van der Waals surface area contributed by atoms with Gasteiger partial charge in [0, 0.05) is 12.1 Å². The Morgan fingerprint density at radius 2 is 1.55 bits per heavy atom. The largest absolute Gasteiger partial charge is 0.465 e. The Balaban J connectivity index is 1.46. The molecule has 3 atom stereocenters. The van der Waals surface area contributed by atoms with E-state index < -0.39 is 41.7 Å². The highest BCUT2D eigenvalue weighted by Crippen LogP contribution is 2.23. The number of oxazole rings is 1. The molecule has 4 rings (SSSR count).